The van der Waals surface area contributed by atoms with Crippen LogP contribution < -0.4 is 5.56 Å². The van der Waals surface area contributed by atoms with Gasteiger partial charge < -0.3 is 4.98 Å². The number of aryl methyl sites for hydroxylation is 1. The third-order valence-electron chi connectivity index (χ3n) is 4.73. The number of thioether (sulfide) groups is 1. The molecular formula is C22H16ClN5OS2. The lowest BCUT2D eigenvalue weighted by Gasteiger charge is -2.11. The average Bonchev–Trinajstić information content (AvgIpc) is 3.41. The minimum absolute atomic E-state index is 0.113. The highest BCUT2D eigenvalue weighted by atomic mass is 35.5. The van der Waals surface area contributed by atoms with Crippen LogP contribution in [0.1, 0.15) is 11.4 Å². The third kappa shape index (κ3) is 4.01. The highest BCUT2D eigenvalue weighted by Crippen LogP contribution is 2.30. The van der Waals surface area contributed by atoms with E-state index in [-0.39, 0.29) is 5.56 Å². The first kappa shape index (κ1) is 20.0. The molecule has 0 saturated carbocycles. The van der Waals surface area contributed by atoms with Crippen molar-refractivity contribution < 1.29 is 0 Å². The molecule has 3 heterocycles. The van der Waals surface area contributed by atoms with Crippen molar-refractivity contribution in [3.63, 3.8) is 0 Å². The zero-order chi connectivity index (χ0) is 21.4. The normalized spacial score (nSPS) is 11.3. The molecule has 0 atom stereocenters. The van der Waals surface area contributed by atoms with Gasteiger partial charge in [-0.05, 0) is 54.8 Å². The van der Waals surface area contributed by atoms with E-state index in [1.54, 1.807) is 0 Å². The Morgan fingerprint density at radius 3 is 2.61 bits per heavy atom. The van der Waals surface area contributed by atoms with Gasteiger partial charge in [0, 0.05) is 16.3 Å². The summed E-state index contributed by atoms with van der Waals surface area (Å²) in [6.07, 6.45) is 0. The fourth-order valence-corrected chi connectivity index (χ4v) is 4.87. The molecule has 0 amide bonds. The number of thiophene rings is 1. The summed E-state index contributed by atoms with van der Waals surface area (Å²) in [4.78, 5) is 19.7. The van der Waals surface area contributed by atoms with Gasteiger partial charge in [-0.15, -0.1) is 21.5 Å². The molecule has 1 N–H and O–H groups in total. The molecule has 0 bridgehead atoms. The first-order chi connectivity index (χ1) is 15.1. The fraction of sp³-hybridized carbons (Fsp3) is 0.0909. The molecule has 0 fully saturated rings. The molecule has 6 nitrogen and oxygen atoms in total. The van der Waals surface area contributed by atoms with Crippen molar-refractivity contribution in [3.8, 4) is 17.1 Å². The van der Waals surface area contributed by atoms with Crippen molar-refractivity contribution in [2.45, 2.75) is 17.8 Å². The summed E-state index contributed by atoms with van der Waals surface area (Å²) in [6, 6.07) is 17.6. The number of aromatic nitrogens is 5. The Morgan fingerprint density at radius 1 is 1.06 bits per heavy atom. The van der Waals surface area contributed by atoms with E-state index in [9.17, 15) is 4.79 Å². The smallest absolute Gasteiger partial charge is 0.268 e. The molecule has 5 rings (SSSR count). The zero-order valence-electron chi connectivity index (χ0n) is 16.4. The molecule has 9 heteroatoms. The Bertz CT molecular complexity index is 1420. The van der Waals surface area contributed by atoms with Crippen LogP contribution in [0.3, 0.4) is 0 Å². The van der Waals surface area contributed by atoms with E-state index in [0.29, 0.717) is 32.0 Å². The fourth-order valence-electron chi connectivity index (χ4n) is 3.20. The Kier molecular flexibility index (Phi) is 5.35. The molecule has 0 saturated heterocycles. The summed E-state index contributed by atoms with van der Waals surface area (Å²) in [5, 5.41) is 12.1. The van der Waals surface area contributed by atoms with Gasteiger partial charge >= 0.3 is 0 Å². The van der Waals surface area contributed by atoms with Crippen LogP contribution in [0.25, 0.3) is 27.3 Å². The summed E-state index contributed by atoms with van der Waals surface area (Å²) in [6.45, 7) is 2.05. The molecule has 0 aliphatic heterocycles. The van der Waals surface area contributed by atoms with Crippen LogP contribution in [0.15, 0.2) is 69.9 Å². The van der Waals surface area contributed by atoms with Crippen molar-refractivity contribution in [2.75, 3.05) is 0 Å². The minimum Gasteiger partial charge on any atom is -0.309 e. The van der Waals surface area contributed by atoms with Gasteiger partial charge in [-0.3, -0.25) is 9.36 Å². The molecule has 0 aliphatic rings. The quantitative estimate of drug-likeness (QED) is 0.347. The van der Waals surface area contributed by atoms with E-state index < -0.39 is 0 Å². The number of rotatable bonds is 5. The Labute approximate surface area is 191 Å². The van der Waals surface area contributed by atoms with E-state index in [1.807, 2.05) is 59.3 Å². The number of hydrogen-bond acceptors (Lipinski definition) is 6. The second kappa shape index (κ2) is 8.30. The molecule has 0 radical (unpaired) electrons. The van der Waals surface area contributed by atoms with Crippen molar-refractivity contribution in [1.82, 2.24) is 24.7 Å². The van der Waals surface area contributed by atoms with Crippen LogP contribution >= 0.6 is 34.7 Å². The molecule has 0 aliphatic carbocycles. The van der Waals surface area contributed by atoms with Crippen molar-refractivity contribution in [1.29, 1.82) is 0 Å². The number of nitrogens with one attached hydrogen (secondary N) is 1. The van der Waals surface area contributed by atoms with Gasteiger partial charge in [0.2, 0.25) is 0 Å². The maximum Gasteiger partial charge on any atom is 0.268 e. The summed E-state index contributed by atoms with van der Waals surface area (Å²) in [5.74, 6) is 1.79. The van der Waals surface area contributed by atoms with Gasteiger partial charge in [-0.2, -0.15) is 0 Å². The van der Waals surface area contributed by atoms with Gasteiger partial charge in [0.15, 0.2) is 11.0 Å². The lowest BCUT2D eigenvalue weighted by molar-refractivity contribution is 0.883. The molecule has 0 unspecified atom stereocenters. The Balaban J connectivity index is 1.53. The van der Waals surface area contributed by atoms with E-state index in [2.05, 4.69) is 32.3 Å². The third-order valence-corrected chi connectivity index (χ3v) is 6.82. The van der Waals surface area contributed by atoms with Gasteiger partial charge in [-0.25, -0.2) is 4.98 Å². The Morgan fingerprint density at radius 2 is 1.84 bits per heavy atom. The van der Waals surface area contributed by atoms with Crippen LogP contribution in [-0.2, 0) is 5.75 Å². The summed E-state index contributed by atoms with van der Waals surface area (Å²) in [7, 11) is 0. The Hall–Kier alpha value is -2.94. The summed E-state index contributed by atoms with van der Waals surface area (Å²) >= 11 is 8.92. The molecule has 3 aromatic heterocycles. The monoisotopic (exact) mass is 465 g/mol. The molecule has 0 spiro atoms. The topological polar surface area (TPSA) is 76.5 Å². The SMILES string of the molecule is Cc1ccc(-n2c(SCc3nc4ccsc4c(=O)[nH]3)nnc2-c2ccc(Cl)cc2)cc1. The number of fused-ring (bicyclic) bond motifs is 1. The van der Waals surface area contributed by atoms with Crippen molar-refractivity contribution in [3.05, 3.63) is 86.7 Å². The number of H-pyrrole nitrogens is 1. The summed E-state index contributed by atoms with van der Waals surface area (Å²) < 4.78 is 2.65. The number of halogens is 1. The minimum atomic E-state index is -0.113. The average molecular weight is 466 g/mol. The number of aromatic amines is 1. The number of benzene rings is 2. The first-order valence-electron chi connectivity index (χ1n) is 9.46. The number of nitrogens with zero attached hydrogens (tertiary/aromatic N) is 4. The highest BCUT2D eigenvalue weighted by Gasteiger charge is 2.17. The van der Waals surface area contributed by atoms with E-state index in [0.717, 1.165) is 17.1 Å². The largest absolute Gasteiger partial charge is 0.309 e. The predicted octanol–water partition coefficient (Wildman–Crippen LogP) is 5.49. The zero-order valence-corrected chi connectivity index (χ0v) is 18.8. The van der Waals surface area contributed by atoms with Crippen molar-refractivity contribution in [2.24, 2.45) is 0 Å². The molecule has 2 aromatic carbocycles. The standard InChI is InChI=1S/C22H16ClN5OS2/c1-13-2-8-16(9-3-13)28-20(14-4-6-15(23)7-5-14)26-27-22(28)31-12-18-24-17-10-11-30-19(17)21(29)25-18/h2-11H,12H2,1H3,(H,24,25,29). The second-order valence-corrected chi connectivity index (χ2v) is 9.22. The van der Waals surface area contributed by atoms with Gasteiger partial charge in [0.1, 0.15) is 10.5 Å². The van der Waals surface area contributed by atoms with Gasteiger partial charge in [0.25, 0.3) is 5.56 Å². The second-order valence-electron chi connectivity index (χ2n) is 6.92. The first-order valence-corrected chi connectivity index (χ1v) is 11.7. The predicted molar refractivity (Wildman–Crippen MR) is 126 cm³/mol. The van der Waals surface area contributed by atoms with Crippen LogP contribution in [0.4, 0.5) is 0 Å². The van der Waals surface area contributed by atoms with Crippen molar-refractivity contribution >= 4 is 44.9 Å². The van der Waals surface area contributed by atoms with Gasteiger partial charge in [0.05, 0.1) is 11.3 Å². The van der Waals surface area contributed by atoms with Crippen LogP contribution in [0, 0.1) is 6.92 Å². The molecular weight excluding hydrogens is 450 g/mol. The highest BCUT2D eigenvalue weighted by molar-refractivity contribution is 7.98. The van der Waals surface area contributed by atoms with Crippen LogP contribution in [0.2, 0.25) is 5.02 Å². The molecule has 31 heavy (non-hydrogen) atoms. The number of hydrogen-bond donors (Lipinski definition) is 1. The van der Waals surface area contributed by atoms with E-state index in [4.69, 9.17) is 11.6 Å². The van der Waals surface area contributed by atoms with Gasteiger partial charge in [-0.1, -0.05) is 41.1 Å². The lowest BCUT2D eigenvalue weighted by atomic mass is 10.2. The summed E-state index contributed by atoms with van der Waals surface area (Å²) in [5.41, 5.74) is 3.64. The van der Waals surface area contributed by atoms with Crippen LogP contribution in [0.5, 0.6) is 0 Å². The van der Waals surface area contributed by atoms with Crippen LogP contribution in [-0.4, -0.2) is 24.7 Å². The maximum absolute atomic E-state index is 12.3. The lowest BCUT2D eigenvalue weighted by Crippen LogP contribution is -2.09. The molecule has 154 valence electrons. The van der Waals surface area contributed by atoms with E-state index in [1.165, 1.54) is 28.7 Å². The maximum atomic E-state index is 12.3. The van der Waals surface area contributed by atoms with E-state index >= 15 is 0 Å². The molecule has 5 aromatic rings.